The van der Waals surface area contributed by atoms with Gasteiger partial charge in [-0.2, -0.15) is 0 Å². The Labute approximate surface area is 104 Å². The Morgan fingerprint density at radius 3 is 2.12 bits per heavy atom. The van der Waals surface area contributed by atoms with Crippen molar-refractivity contribution in [2.75, 3.05) is 26.2 Å². The van der Waals surface area contributed by atoms with E-state index in [2.05, 4.69) is 31.0 Å². The SMILES string of the molecule is CC(C)(C)N1CCN(C(=O)NC2CCC2)CC1. The van der Waals surface area contributed by atoms with Gasteiger partial charge < -0.3 is 10.2 Å². The van der Waals surface area contributed by atoms with Crippen LogP contribution in [0.5, 0.6) is 0 Å². The highest BCUT2D eigenvalue weighted by molar-refractivity contribution is 5.74. The Morgan fingerprint density at radius 2 is 1.71 bits per heavy atom. The first kappa shape index (κ1) is 12.7. The van der Waals surface area contributed by atoms with Crippen LogP contribution in [0.3, 0.4) is 0 Å². The molecule has 1 N–H and O–H groups in total. The van der Waals surface area contributed by atoms with Crippen molar-refractivity contribution < 1.29 is 4.79 Å². The number of rotatable bonds is 1. The fourth-order valence-corrected chi connectivity index (χ4v) is 2.40. The molecule has 2 amide bonds. The van der Waals surface area contributed by atoms with E-state index in [1.807, 2.05) is 4.90 Å². The highest BCUT2D eigenvalue weighted by Gasteiger charge is 2.29. The maximum absolute atomic E-state index is 12.0. The molecular formula is C13H25N3O. The predicted octanol–water partition coefficient (Wildman–Crippen LogP) is 1.66. The van der Waals surface area contributed by atoms with Crippen molar-refractivity contribution in [3.63, 3.8) is 0 Å². The molecule has 1 aliphatic heterocycles. The number of nitrogens with zero attached hydrogens (tertiary/aromatic N) is 2. The van der Waals surface area contributed by atoms with Crippen LogP contribution >= 0.6 is 0 Å². The number of nitrogens with one attached hydrogen (secondary N) is 1. The summed E-state index contributed by atoms with van der Waals surface area (Å²) in [7, 11) is 0. The van der Waals surface area contributed by atoms with Crippen molar-refractivity contribution in [3.8, 4) is 0 Å². The van der Waals surface area contributed by atoms with E-state index in [0.29, 0.717) is 6.04 Å². The van der Waals surface area contributed by atoms with Crippen molar-refractivity contribution in [2.24, 2.45) is 0 Å². The van der Waals surface area contributed by atoms with Crippen molar-refractivity contribution in [2.45, 2.75) is 51.6 Å². The summed E-state index contributed by atoms with van der Waals surface area (Å²) in [5.74, 6) is 0. The van der Waals surface area contributed by atoms with Gasteiger partial charge in [-0.25, -0.2) is 4.79 Å². The summed E-state index contributed by atoms with van der Waals surface area (Å²) in [4.78, 5) is 16.4. The van der Waals surface area contributed by atoms with Gasteiger partial charge >= 0.3 is 6.03 Å². The fraction of sp³-hybridized carbons (Fsp3) is 0.923. The molecule has 2 fully saturated rings. The lowest BCUT2D eigenvalue weighted by Gasteiger charge is -2.42. The Balaban J connectivity index is 1.76. The molecule has 0 spiro atoms. The molecule has 1 saturated carbocycles. The number of urea groups is 1. The summed E-state index contributed by atoms with van der Waals surface area (Å²) in [6.07, 6.45) is 3.59. The van der Waals surface area contributed by atoms with E-state index in [9.17, 15) is 4.79 Å². The summed E-state index contributed by atoms with van der Waals surface area (Å²) in [6.45, 7) is 10.4. The Hall–Kier alpha value is -0.770. The van der Waals surface area contributed by atoms with E-state index < -0.39 is 0 Å². The second-order valence-corrected chi connectivity index (χ2v) is 6.22. The van der Waals surface area contributed by atoms with Gasteiger partial charge in [-0.15, -0.1) is 0 Å². The van der Waals surface area contributed by atoms with Crippen molar-refractivity contribution in [3.05, 3.63) is 0 Å². The van der Waals surface area contributed by atoms with Crippen molar-refractivity contribution in [1.82, 2.24) is 15.1 Å². The van der Waals surface area contributed by atoms with Crippen LogP contribution < -0.4 is 5.32 Å². The Bertz CT molecular complexity index is 273. The first-order valence-corrected chi connectivity index (χ1v) is 6.77. The van der Waals surface area contributed by atoms with E-state index in [1.165, 1.54) is 6.42 Å². The highest BCUT2D eigenvalue weighted by atomic mass is 16.2. The standard InChI is InChI=1S/C13H25N3O/c1-13(2,3)16-9-7-15(8-10-16)12(17)14-11-5-4-6-11/h11H,4-10H2,1-3H3,(H,14,17). The van der Waals surface area contributed by atoms with E-state index in [-0.39, 0.29) is 11.6 Å². The van der Waals surface area contributed by atoms with Gasteiger partial charge in [-0.3, -0.25) is 4.90 Å². The highest BCUT2D eigenvalue weighted by Crippen LogP contribution is 2.19. The van der Waals surface area contributed by atoms with Gasteiger partial charge in [0, 0.05) is 37.8 Å². The zero-order chi connectivity index (χ0) is 12.5. The number of carbonyl (C=O) groups is 1. The summed E-state index contributed by atoms with van der Waals surface area (Å²) in [6, 6.07) is 0.589. The molecule has 0 unspecified atom stereocenters. The average Bonchev–Trinajstić information content (AvgIpc) is 2.22. The van der Waals surface area contributed by atoms with Gasteiger partial charge in [0.25, 0.3) is 0 Å². The molecule has 4 heteroatoms. The lowest BCUT2D eigenvalue weighted by atomic mass is 9.93. The molecule has 1 saturated heterocycles. The molecule has 98 valence electrons. The van der Waals surface area contributed by atoms with E-state index in [4.69, 9.17) is 0 Å². The Morgan fingerprint density at radius 1 is 1.12 bits per heavy atom. The molecule has 0 aromatic heterocycles. The molecule has 0 radical (unpaired) electrons. The third-order valence-electron chi connectivity index (χ3n) is 3.95. The molecule has 0 atom stereocenters. The minimum atomic E-state index is 0.142. The third kappa shape index (κ3) is 3.12. The topological polar surface area (TPSA) is 35.6 Å². The first-order chi connectivity index (χ1) is 7.97. The zero-order valence-electron chi connectivity index (χ0n) is 11.3. The normalized spacial score (nSPS) is 23.4. The van der Waals surface area contributed by atoms with Gasteiger partial charge in [-0.1, -0.05) is 0 Å². The van der Waals surface area contributed by atoms with Gasteiger partial charge in [0.2, 0.25) is 0 Å². The van der Waals surface area contributed by atoms with Crippen LogP contribution in [-0.2, 0) is 0 Å². The largest absolute Gasteiger partial charge is 0.335 e. The quantitative estimate of drug-likeness (QED) is 0.755. The van der Waals surface area contributed by atoms with Crippen LogP contribution in [0.15, 0.2) is 0 Å². The van der Waals surface area contributed by atoms with E-state index in [0.717, 1.165) is 39.0 Å². The van der Waals surface area contributed by atoms with Gasteiger partial charge in [-0.05, 0) is 40.0 Å². The molecule has 2 aliphatic rings. The molecule has 17 heavy (non-hydrogen) atoms. The fourth-order valence-electron chi connectivity index (χ4n) is 2.40. The van der Waals surface area contributed by atoms with Crippen LogP contribution in [0, 0.1) is 0 Å². The predicted molar refractivity (Wildman–Crippen MR) is 69.1 cm³/mol. The van der Waals surface area contributed by atoms with Gasteiger partial charge in [0.15, 0.2) is 0 Å². The minimum absolute atomic E-state index is 0.142. The lowest BCUT2D eigenvalue weighted by Crippen LogP contribution is -2.57. The maximum Gasteiger partial charge on any atom is 0.317 e. The molecule has 1 heterocycles. The third-order valence-corrected chi connectivity index (χ3v) is 3.95. The summed E-state index contributed by atoms with van der Waals surface area (Å²) >= 11 is 0. The molecular weight excluding hydrogens is 214 g/mol. The number of carbonyl (C=O) groups excluding carboxylic acids is 1. The van der Waals surface area contributed by atoms with E-state index in [1.54, 1.807) is 0 Å². The summed E-state index contributed by atoms with van der Waals surface area (Å²) < 4.78 is 0. The average molecular weight is 239 g/mol. The lowest BCUT2D eigenvalue weighted by molar-refractivity contribution is 0.0727. The Kier molecular flexibility index (Phi) is 3.61. The monoisotopic (exact) mass is 239 g/mol. The molecule has 2 rings (SSSR count). The zero-order valence-corrected chi connectivity index (χ0v) is 11.3. The van der Waals surface area contributed by atoms with Crippen LogP contribution in [0.4, 0.5) is 4.79 Å². The number of amides is 2. The van der Waals surface area contributed by atoms with Crippen LogP contribution in [0.2, 0.25) is 0 Å². The summed E-state index contributed by atoms with van der Waals surface area (Å²) in [5.41, 5.74) is 0.219. The molecule has 0 aromatic rings. The van der Waals surface area contributed by atoms with Crippen LogP contribution in [-0.4, -0.2) is 53.6 Å². The number of hydrogen-bond donors (Lipinski definition) is 1. The summed E-state index contributed by atoms with van der Waals surface area (Å²) in [5, 5.41) is 3.11. The van der Waals surface area contributed by atoms with Gasteiger partial charge in [0.05, 0.1) is 0 Å². The molecule has 4 nitrogen and oxygen atoms in total. The van der Waals surface area contributed by atoms with Gasteiger partial charge in [0.1, 0.15) is 0 Å². The molecule has 1 aliphatic carbocycles. The van der Waals surface area contributed by atoms with E-state index >= 15 is 0 Å². The number of piperazine rings is 1. The van der Waals surface area contributed by atoms with Crippen molar-refractivity contribution >= 4 is 6.03 Å². The van der Waals surface area contributed by atoms with Crippen molar-refractivity contribution in [1.29, 1.82) is 0 Å². The second-order valence-electron chi connectivity index (χ2n) is 6.22. The maximum atomic E-state index is 12.0. The number of hydrogen-bond acceptors (Lipinski definition) is 2. The van der Waals surface area contributed by atoms with Crippen LogP contribution in [0.25, 0.3) is 0 Å². The molecule has 0 bridgehead atoms. The first-order valence-electron chi connectivity index (χ1n) is 6.77. The molecule has 0 aromatic carbocycles. The van der Waals surface area contributed by atoms with Crippen LogP contribution in [0.1, 0.15) is 40.0 Å². The second kappa shape index (κ2) is 4.84. The minimum Gasteiger partial charge on any atom is -0.335 e. The smallest absolute Gasteiger partial charge is 0.317 e.